The van der Waals surface area contributed by atoms with E-state index in [4.69, 9.17) is 5.73 Å². The van der Waals surface area contributed by atoms with Crippen molar-refractivity contribution >= 4 is 0 Å². The lowest BCUT2D eigenvalue weighted by Crippen LogP contribution is -2.32. The van der Waals surface area contributed by atoms with E-state index in [1.54, 1.807) is 0 Å². The predicted octanol–water partition coefficient (Wildman–Crippen LogP) is 4.72. The normalized spacial score (nSPS) is 9.65. The first-order valence-electron chi connectivity index (χ1n) is 6.82. The van der Waals surface area contributed by atoms with Gasteiger partial charge in [0.15, 0.2) is 0 Å². The molecule has 0 fully saturated rings. The molecule has 0 saturated heterocycles. The van der Waals surface area contributed by atoms with Crippen LogP contribution in [-0.2, 0) is 6.42 Å². The van der Waals surface area contributed by atoms with Crippen LogP contribution in [0.2, 0.25) is 0 Å². The van der Waals surface area contributed by atoms with E-state index in [1.165, 1.54) is 11.1 Å². The molecule has 1 rings (SSSR count). The van der Waals surface area contributed by atoms with Crippen LogP contribution in [0.3, 0.4) is 0 Å². The Kier molecular flexibility index (Phi) is 11.3. The molecule has 1 heteroatoms. The Morgan fingerprint density at radius 2 is 1.35 bits per heavy atom. The molecule has 0 amide bonds. The van der Waals surface area contributed by atoms with Crippen LogP contribution in [0.15, 0.2) is 24.3 Å². The van der Waals surface area contributed by atoms with Gasteiger partial charge in [0.05, 0.1) is 0 Å². The highest BCUT2D eigenvalue weighted by Crippen LogP contribution is 2.11. The molecule has 0 aliphatic rings. The van der Waals surface area contributed by atoms with E-state index in [0.717, 1.165) is 12.8 Å². The Hall–Kier alpha value is -0.820. The van der Waals surface area contributed by atoms with Crippen molar-refractivity contribution < 1.29 is 0 Å². The summed E-state index contributed by atoms with van der Waals surface area (Å²) in [4.78, 5) is 0. The third kappa shape index (κ3) is 11.4. The summed E-state index contributed by atoms with van der Waals surface area (Å²) in [6.45, 7) is 14.2. The maximum absolute atomic E-state index is 5.91. The van der Waals surface area contributed by atoms with Crippen molar-refractivity contribution in [3.8, 4) is 0 Å². The zero-order chi connectivity index (χ0) is 13.9. The van der Waals surface area contributed by atoms with Gasteiger partial charge in [0.1, 0.15) is 0 Å². The molecule has 1 nitrogen and oxygen atoms in total. The quantitative estimate of drug-likeness (QED) is 0.809. The first-order valence-corrected chi connectivity index (χ1v) is 6.82. The van der Waals surface area contributed by atoms with Gasteiger partial charge in [-0.3, -0.25) is 0 Å². The summed E-state index contributed by atoms with van der Waals surface area (Å²) in [6, 6.07) is 8.67. The molecule has 0 aliphatic heterocycles. The molecule has 0 bridgehead atoms. The number of hydrogen-bond acceptors (Lipinski definition) is 1. The fourth-order valence-corrected chi connectivity index (χ4v) is 1.22. The van der Waals surface area contributed by atoms with Crippen LogP contribution in [0.4, 0.5) is 0 Å². The monoisotopic (exact) mass is 237 g/mol. The molecular formula is C16H31N. The van der Waals surface area contributed by atoms with Crippen molar-refractivity contribution in [2.24, 2.45) is 5.73 Å². The van der Waals surface area contributed by atoms with Crippen molar-refractivity contribution in [1.29, 1.82) is 0 Å². The lowest BCUT2D eigenvalue weighted by atomic mass is 9.96. The minimum Gasteiger partial charge on any atom is -0.326 e. The molecule has 0 aliphatic carbocycles. The van der Waals surface area contributed by atoms with Crippen molar-refractivity contribution in [3.63, 3.8) is 0 Å². The van der Waals surface area contributed by atoms with Crippen molar-refractivity contribution in [2.75, 3.05) is 0 Å². The third-order valence-corrected chi connectivity index (χ3v) is 2.18. The maximum atomic E-state index is 5.91. The number of hydrogen-bond donors (Lipinski definition) is 1. The van der Waals surface area contributed by atoms with E-state index in [0.29, 0.717) is 0 Å². The molecule has 0 saturated carbocycles. The Bertz CT molecular complexity index is 254. The Morgan fingerprint density at radius 1 is 0.941 bits per heavy atom. The minimum absolute atomic E-state index is 0.0507. The molecule has 1 aromatic carbocycles. The van der Waals surface area contributed by atoms with Gasteiger partial charge < -0.3 is 5.73 Å². The molecule has 100 valence electrons. The average Bonchev–Trinajstić information content (AvgIpc) is 2.33. The second kappa shape index (κ2) is 10.3. The van der Waals surface area contributed by atoms with Crippen LogP contribution in [0.25, 0.3) is 0 Å². The second-order valence-corrected chi connectivity index (χ2v) is 4.47. The highest BCUT2D eigenvalue weighted by molar-refractivity contribution is 5.21. The van der Waals surface area contributed by atoms with E-state index < -0.39 is 0 Å². The lowest BCUT2D eigenvalue weighted by Gasteiger charge is -2.17. The van der Waals surface area contributed by atoms with E-state index >= 15 is 0 Å². The van der Waals surface area contributed by atoms with Crippen LogP contribution in [0.5, 0.6) is 0 Å². The van der Waals surface area contributed by atoms with Crippen molar-refractivity contribution in [3.05, 3.63) is 35.4 Å². The summed E-state index contributed by atoms with van der Waals surface area (Å²) in [6.07, 6.45) is 2.11. The SMILES string of the molecule is CC.CC.Cc1ccc(CCC(C)(C)N)cc1. The molecule has 1 aromatic rings. The summed E-state index contributed by atoms with van der Waals surface area (Å²) < 4.78 is 0. The van der Waals surface area contributed by atoms with Gasteiger partial charge >= 0.3 is 0 Å². The van der Waals surface area contributed by atoms with E-state index in [2.05, 4.69) is 45.0 Å². The number of rotatable bonds is 3. The van der Waals surface area contributed by atoms with Gasteiger partial charge in [-0.2, -0.15) is 0 Å². The van der Waals surface area contributed by atoms with Gasteiger partial charge in [-0.15, -0.1) is 0 Å². The van der Waals surface area contributed by atoms with Gasteiger partial charge in [-0.1, -0.05) is 57.5 Å². The predicted molar refractivity (Wildman–Crippen MR) is 80.5 cm³/mol. The summed E-state index contributed by atoms with van der Waals surface area (Å²) in [5.41, 5.74) is 8.56. The zero-order valence-corrected chi connectivity index (χ0v) is 12.8. The smallest absolute Gasteiger partial charge is 0.0100 e. The van der Waals surface area contributed by atoms with Crippen LogP contribution < -0.4 is 5.73 Å². The van der Waals surface area contributed by atoms with Gasteiger partial charge in [0.2, 0.25) is 0 Å². The molecule has 2 N–H and O–H groups in total. The molecule has 17 heavy (non-hydrogen) atoms. The zero-order valence-electron chi connectivity index (χ0n) is 12.8. The van der Waals surface area contributed by atoms with Crippen LogP contribution >= 0.6 is 0 Å². The van der Waals surface area contributed by atoms with Crippen molar-refractivity contribution in [2.45, 2.75) is 66.8 Å². The highest BCUT2D eigenvalue weighted by atomic mass is 14.7. The molecule has 0 heterocycles. The Balaban J connectivity index is 0. The van der Waals surface area contributed by atoms with Gasteiger partial charge in [0, 0.05) is 5.54 Å². The topological polar surface area (TPSA) is 26.0 Å². The van der Waals surface area contributed by atoms with E-state index in [1.807, 2.05) is 27.7 Å². The summed E-state index contributed by atoms with van der Waals surface area (Å²) in [5.74, 6) is 0. The van der Waals surface area contributed by atoms with Crippen LogP contribution in [0, 0.1) is 6.92 Å². The summed E-state index contributed by atoms with van der Waals surface area (Å²) in [5, 5.41) is 0. The summed E-state index contributed by atoms with van der Waals surface area (Å²) >= 11 is 0. The fraction of sp³-hybridized carbons (Fsp3) is 0.625. The Labute approximate surface area is 108 Å². The average molecular weight is 237 g/mol. The van der Waals surface area contributed by atoms with Crippen LogP contribution in [-0.4, -0.2) is 5.54 Å². The highest BCUT2D eigenvalue weighted by Gasteiger charge is 2.09. The van der Waals surface area contributed by atoms with Crippen LogP contribution in [0.1, 0.15) is 59.1 Å². The largest absolute Gasteiger partial charge is 0.326 e. The van der Waals surface area contributed by atoms with Gasteiger partial charge in [-0.25, -0.2) is 0 Å². The third-order valence-electron chi connectivity index (χ3n) is 2.18. The number of benzene rings is 1. The van der Waals surface area contributed by atoms with E-state index in [-0.39, 0.29) is 5.54 Å². The second-order valence-electron chi connectivity index (χ2n) is 4.47. The molecular weight excluding hydrogens is 206 g/mol. The standard InChI is InChI=1S/C12H19N.2C2H6/c1-10-4-6-11(7-5-10)8-9-12(2,3)13;2*1-2/h4-7H,8-9,13H2,1-3H3;2*1-2H3. The van der Waals surface area contributed by atoms with E-state index in [9.17, 15) is 0 Å². The first kappa shape index (κ1) is 18.5. The lowest BCUT2D eigenvalue weighted by molar-refractivity contribution is 0.477. The maximum Gasteiger partial charge on any atom is 0.0100 e. The summed E-state index contributed by atoms with van der Waals surface area (Å²) in [7, 11) is 0. The molecule has 0 unspecified atom stereocenters. The van der Waals surface area contributed by atoms with Crippen molar-refractivity contribution in [1.82, 2.24) is 0 Å². The molecule has 0 radical (unpaired) electrons. The number of nitrogens with two attached hydrogens (primary N) is 1. The Morgan fingerprint density at radius 3 is 1.71 bits per heavy atom. The number of aryl methyl sites for hydroxylation is 2. The van der Waals surface area contributed by atoms with Gasteiger partial charge in [0.25, 0.3) is 0 Å². The fourth-order valence-electron chi connectivity index (χ4n) is 1.22. The molecule has 0 spiro atoms. The minimum atomic E-state index is -0.0507. The van der Waals surface area contributed by atoms with Gasteiger partial charge in [-0.05, 0) is 39.2 Å². The first-order chi connectivity index (χ1) is 7.97. The molecule has 0 aromatic heterocycles. The molecule has 0 atom stereocenters.